The summed E-state index contributed by atoms with van der Waals surface area (Å²) in [7, 11) is 0. The molecule has 3 aliphatic heterocycles. The maximum absolute atomic E-state index is 6.48. The molecule has 3 fully saturated rings. The van der Waals surface area contributed by atoms with Gasteiger partial charge in [-0.2, -0.15) is 14.5 Å². The average Bonchev–Trinajstić information content (AvgIpc) is 2.53. The zero-order valence-corrected chi connectivity index (χ0v) is 20.6. The zero-order chi connectivity index (χ0) is 21.7. The van der Waals surface area contributed by atoms with Crippen LogP contribution in [-0.2, 0) is 9.88 Å². The fraction of sp³-hybridized carbons (Fsp3) is 1.00. The van der Waals surface area contributed by atoms with Gasteiger partial charge in [-0.15, -0.1) is 10.1 Å². The molecule has 7 nitrogen and oxygen atoms in total. The third kappa shape index (κ3) is 5.26. The van der Waals surface area contributed by atoms with Crippen molar-refractivity contribution in [3.05, 3.63) is 0 Å². The Morgan fingerprint density at radius 2 is 0.862 bits per heavy atom. The first kappa shape index (κ1) is 23.7. The lowest BCUT2D eigenvalue weighted by atomic mass is 9.82. The summed E-state index contributed by atoms with van der Waals surface area (Å²) in [5.74, 6) is 0. The highest BCUT2D eigenvalue weighted by Gasteiger charge is 2.46. The van der Waals surface area contributed by atoms with Gasteiger partial charge in [0.25, 0.3) is 0 Å². The zero-order valence-electron chi connectivity index (χ0n) is 19.8. The van der Waals surface area contributed by atoms with Crippen LogP contribution in [0.4, 0.5) is 0 Å². The van der Waals surface area contributed by atoms with Gasteiger partial charge >= 0.3 is 0 Å². The van der Waals surface area contributed by atoms with Gasteiger partial charge in [0, 0.05) is 22.2 Å². The number of hydrogen-bond donors (Lipinski definition) is 0. The fourth-order valence-corrected chi connectivity index (χ4v) is 5.62. The summed E-state index contributed by atoms with van der Waals surface area (Å²) in [6.45, 7) is 19.6. The number of nitrogens with zero attached hydrogens (tertiary/aromatic N) is 5. The SMILES string of the molecule is CC1(C)CCCC(C)(C)N1ON1CN(Cl)CN(ON2C(C)(C)CCCC2(C)C)C1. The third-order valence-corrected chi connectivity index (χ3v) is 6.90. The van der Waals surface area contributed by atoms with Gasteiger partial charge in [0.05, 0.1) is 13.3 Å². The number of hydrogen-bond acceptors (Lipinski definition) is 7. The molecule has 0 atom stereocenters. The van der Waals surface area contributed by atoms with Crippen molar-refractivity contribution in [2.24, 2.45) is 0 Å². The van der Waals surface area contributed by atoms with Crippen molar-refractivity contribution in [1.82, 2.24) is 24.7 Å². The van der Waals surface area contributed by atoms with Gasteiger partial charge in [-0.25, -0.2) is 9.88 Å². The Morgan fingerprint density at radius 3 is 1.17 bits per heavy atom. The molecule has 8 heteroatoms. The minimum Gasteiger partial charge on any atom is -0.205 e. The van der Waals surface area contributed by atoms with Crippen LogP contribution in [0.2, 0.25) is 0 Å². The van der Waals surface area contributed by atoms with Crippen molar-refractivity contribution in [3.63, 3.8) is 0 Å². The summed E-state index contributed by atoms with van der Waals surface area (Å²) < 4.78 is 1.71. The van der Waals surface area contributed by atoms with Crippen LogP contribution in [0.1, 0.15) is 93.9 Å². The van der Waals surface area contributed by atoms with Crippen LogP contribution in [0.25, 0.3) is 0 Å². The molecule has 29 heavy (non-hydrogen) atoms. The van der Waals surface area contributed by atoms with Crippen LogP contribution in [-0.4, -0.2) is 66.8 Å². The van der Waals surface area contributed by atoms with Crippen molar-refractivity contribution in [1.29, 1.82) is 0 Å². The van der Waals surface area contributed by atoms with E-state index >= 15 is 0 Å². The molecule has 0 amide bonds. The molecule has 0 aromatic rings. The molecule has 3 rings (SSSR count). The van der Waals surface area contributed by atoms with E-state index in [2.05, 4.69) is 65.5 Å². The average molecular weight is 432 g/mol. The van der Waals surface area contributed by atoms with Crippen molar-refractivity contribution in [3.8, 4) is 0 Å². The predicted molar refractivity (Wildman–Crippen MR) is 116 cm³/mol. The minimum absolute atomic E-state index is 0.0289. The molecule has 0 aromatic carbocycles. The van der Waals surface area contributed by atoms with Gasteiger partial charge in [-0.05, 0) is 106 Å². The van der Waals surface area contributed by atoms with Crippen molar-refractivity contribution < 1.29 is 9.88 Å². The maximum Gasteiger partial charge on any atom is 0.107 e. The largest absolute Gasteiger partial charge is 0.205 e. The second kappa shape index (κ2) is 8.17. The topological polar surface area (TPSA) is 34.7 Å². The number of piperidine rings is 2. The van der Waals surface area contributed by atoms with Gasteiger partial charge < -0.3 is 0 Å². The molecule has 0 N–H and O–H groups in total. The molecule has 0 aromatic heterocycles. The fourth-order valence-electron chi connectivity index (χ4n) is 5.38. The Morgan fingerprint density at radius 1 is 0.552 bits per heavy atom. The van der Waals surface area contributed by atoms with Gasteiger partial charge in [0.1, 0.15) is 6.67 Å². The molecule has 0 unspecified atom stereocenters. The lowest BCUT2D eigenvalue weighted by Gasteiger charge is -2.54. The van der Waals surface area contributed by atoms with E-state index < -0.39 is 0 Å². The smallest absolute Gasteiger partial charge is 0.107 e. The van der Waals surface area contributed by atoms with Crippen LogP contribution in [0.3, 0.4) is 0 Å². The Kier molecular flexibility index (Phi) is 6.67. The van der Waals surface area contributed by atoms with Crippen LogP contribution in [0.5, 0.6) is 0 Å². The van der Waals surface area contributed by atoms with E-state index in [0.717, 1.165) is 25.7 Å². The molecule has 170 valence electrons. The van der Waals surface area contributed by atoms with Crippen molar-refractivity contribution >= 4 is 11.8 Å². The molecule has 0 aliphatic carbocycles. The maximum atomic E-state index is 6.48. The Balaban J connectivity index is 1.70. The lowest BCUT2D eigenvalue weighted by molar-refractivity contribution is -0.463. The second-order valence-electron chi connectivity index (χ2n) is 11.6. The molecule has 0 spiro atoms. The summed E-state index contributed by atoms with van der Waals surface area (Å²) >= 11 is 6.48. The van der Waals surface area contributed by atoms with Gasteiger partial charge in [0.15, 0.2) is 0 Å². The first-order valence-electron chi connectivity index (χ1n) is 11.1. The highest BCUT2D eigenvalue weighted by molar-refractivity contribution is 6.13. The first-order valence-corrected chi connectivity index (χ1v) is 11.4. The van der Waals surface area contributed by atoms with E-state index in [9.17, 15) is 0 Å². The van der Waals surface area contributed by atoms with E-state index in [0.29, 0.717) is 20.0 Å². The Bertz CT molecular complexity index is 503. The molecule has 3 aliphatic rings. The predicted octanol–water partition coefficient (Wildman–Crippen LogP) is 4.71. The number of hydroxylamine groups is 8. The molecular weight excluding hydrogens is 390 g/mol. The minimum atomic E-state index is -0.0289. The monoisotopic (exact) mass is 431 g/mol. The summed E-state index contributed by atoms with van der Waals surface area (Å²) in [5.41, 5.74) is -0.116. The van der Waals surface area contributed by atoms with Crippen LogP contribution in [0, 0.1) is 0 Å². The van der Waals surface area contributed by atoms with E-state index in [-0.39, 0.29) is 22.2 Å². The highest BCUT2D eigenvalue weighted by atomic mass is 35.5. The normalized spacial score (nSPS) is 31.8. The molecule has 3 heterocycles. The first-order chi connectivity index (χ1) is 13.2. The van der Waals surface area contributed by atoms with Crippen LogP contribution >= 0.6 is 11.8 Å². The summed E-state index contributed by atoms with van der Waals surface area (Å²) in [6, 6.07) is 0. The van der Waals surface area contributed by atoms with Gasteiger partial charge in [0.2, 0.25) is 0 Å². The summed E-state index contributed by atoms with van der Waals surface area (Å²) in [5, 5.41) is 8.11. The second-order valence-corrected chi connectivity index (χ2v) is 12.0. The molecule has 0 radical (unpaired) electrons. The van der Waals surface area contributed by atoms with Crippen molar-refractivity contribution in [2.45, 2.75) is 116 Å². The van der Waals surface area contributed by atoms with Gasteiger partial charge in [-0.3, -0.25) is 0 Å². The molecule has 0 saturated carbocycles. The number of halogens is 1. The number of rotatable bonds is 4. The van der Waals surface area contributed by atoms with E-state index in [1.807, 2.05) is 10.1 Å². The molecule has 3 saturated heterocycles. The Labute approximate surface area is 182 Å². The van der Waals surface area contributed by atoms with Crippen molar-refractivity contribution in [2.75, 3.05) is 20.0 Å². The lowest BCUT2D eigenvalue weighted by Crippen LogP contribution is -2.65. The van der Waals surface area contributed by atoms with Gasteiger partial charge in [-0.1, -0.05) is 0 Å². The van der Waals surface area contributed by atoms with E-state index in [4.69, 9.17) is 21.7 Å². The highest BCUT2D eigenvalue weighted by Crippen LogP contribution is 2.40. The van der Waals surface area contributed by atoms with Crippen LogP contribution < -0.4 is 0 Å². The molecular formula is C21H42ClN5O2. The van der Waals surface area contributed by atoms with Crippen LogP contribution in [0.15, 0.2) is 0 Å². The third-order valence-electron chi connectivity index (χ3n) is 6.69. The van der Waals surface area contributed by atoms with E-state index in [1.54, 1.807) is 4.42 Å². The Hall–Kier alpha value is 0.01000. The standard InChI is InChI=1S/C21H42ClN5O2/c1-18(2)11-9-12-19(3,4)26(18)28-24-15-23(22)16-25(17-24)29-27-20(5,6)13-10-14-21(27,7)8/h9-17H2,1-8H3. The summed E-state index contributed by atoms with van der Waals surface area (Å²) in [6.07, 6.45) is 6.90. The molecule has 0 bridgehead atoms. The van der Waals surface area contributed by atoms with E-state index in [1.165, 1.54) is 12.8 Å². The quantitative estimate of drug-likeness (QED) is 0.596. The summed E-state index contributed by atoms with van der Waals surface area (Å²) in [4.78, 5) is 12.9.